The fraction of sp³-hybridized carbons (Fsp3) is 0.450. The monoisotopic (exact) mass is 448 g/mol. The van der Waals surface area contributed by atoms with Crippen LogP contribution in [0.15, 0.2) is 16.9 Å². The molecule has 6 nitrogen and oxygen atoms in total. The van der Waals surface area contributed by atoms with Crippen LogP contribution in [-0.2, 0) is 19.4 Å². The van der Waals surface area contributed by atoms with E-state index in [-0.39, 0.29) is 11.5 Å². The van der Waals surface area contributed by atoms with Gasteiger partial charge in [0.1, 0.15) is 10.7 Å². The third-order valence-electron chi connectivity index (χ3n) is 5.69. The molecule has 9 heteroatoms. The van der Waals surface area contributed by atoms with Crippen molar-refractivity contribution in [2.45, 2.75) is 32.2 Å². The molecule has 0 unspecified atom stereocenters. The Morgan fingerprint density at radius 3 is 2.69 bits per heavy atom. The lowest BCUT2D eigenvalue weighted by molar-refractivity contribution is 0.0630. The van der Waals surface area contributed by atoms with Gasteiger partial charge in [-0.1, -0.05) is 11.6 Å². The molecule has 1 fully saturated rings. The first-order valence-electron chi connectivity index (χ1n) is 9.89. The maximum atomic E-state index is 12.7. The predicted molar refractivity (Wildman–Crippen MR) is 117 cm³/mol. The van der Waals surface area contributed by atoms with E-state index in [2.05, 4.69) is 9.88 Å². The first-order valence-corrected chi connectivity index (χ1v) is 11.9. The van der Waals surface area contributed by atoms with Gasteiger partial charge in [0.05, 0.1) is 21.1 Å². The molecule has 1 aliphatic heterocycles. The summed E-state index contributed by atoms with van der Waals surface area (Å²) in [5, 5.41) is 0.804. The van der Waals surface area contributed by atoms with Crippen LogP contribution in [0.5, 0.6) is 0 Å². The van der Waals surface area contributed by atoms with Crippen molar-refractivity contribution < 1.29 is 4.79 Å². The molecular formula is C20H21ClN4O2S2. The quantitative estimate of drug-likeness (QED) is 0.665. The summed E-state index contributed by atoms with van der Waals surface area (Å²) < 4.78 is 0.632. The fourth-order valence-electron chi connectivity index (χ4n) is 4.19. The number of H-pyrrole nitrogens is 1. The number of piperazine rings is 1. The molecule has 1 saturated heterocycles. The van der Waals surface area contributed by atoms with Crippen LogP contribution >= 0.6 is 34.3 Å². The van der Waals surface area contributed by atoms with Gasteiger partial charge in [-0.2, -0.15) is 0 Å². The normalized spacial score (nSPS) is 17.6. The fourth-order valence-corrected chi connectivity index (χ4v) is 6.48. The molecule has 1 aliphatic carbocycles. The molecule has 3 aromatic rings. The lowest BCUT2D eigenvalue weighted by Gasteiger charge is -2.34. The van der Waals surface area contributed by atoms with Crippen molar-refractivity contribution in [3.05, 3.63) is 48.0 Å². The maximum Gasteiger partial charge on any atom is 0.264 e. The number of carbonyl (C=O) groups excluding carboxylic acids is 1. The standard InChI is InChI=1S/C20H21ClN4O2S2/c21-15-6-5-14(28-15)20(27)25-9-7-24(8-10-25)11-16-22-18(26)17-12-3-1-2-4-13(12)29-19(17)23-16/h5-6H,1-4,7-11H2,(H,22,23,26). The summed E-state index contributed by atoms with van der Waals surface area (Å²) in [6.07, 6.45) is 4.41. The number of amides is 1. The number of rotatable bonds is 3. The van der Waals surface area contributed by atoms with Crippen LogP contribution < -0.4 is 5.56 Å². The Bertz CT molecular complexity index is 1130. The average molecular weight is 449 g/mol. The van der Waals surface area contributed by atoms with E-state index in [1.165, 1.54) is 28.2 Å². The second-order valence-corrected chi connectivity index (χ2v) is 10.4. The Labute approximate surface area is 181 Å². The molecule has 1 N–H and O–H groups in total. The third kappa shape index (κ3) is 3.74. The number of aromatic nitrogens is 2. The van der Waals surface area contributed by atoms with Crippen molar-refractivity contribution in [3.8, 4) is 0 Å². The first-order chi connectivity index (χ1) is 14.1. The van der Waals surface area contributed by atoms with Gasteiger partial charge >= 0.3 is 0 Å². The summed E-state index contributed by atoms with van der Waals surface area (Å²) in [7, 11) is 0. The Morgan fingerprint density at radius 1 is 1.14 bits per heavy atom. The SMILES string of the molecule is O=C(c1ccc(Cl)s1)N1CCN(Cc2nc3sc4c(c3c(=O)[nH]2)CCCC4)CC1. The lowest BCUT2D eigenvalue weighted by atomic mass is 9.97. The van der Waals surface area contributed by atoms with Crippen molar-refractivity contribution in [1.29, 1.82) is 0 Å². The molecule has 4 heterocycles. The minimum Gasteiger partial charge on any atom is -0.335 e. The molecule has 0 atom stereocenters. The van der Waals surface area contributed by atoms with Crippen LogP contribution in [0.3, 0.4) is 0 Å². The van der Waals surface area contributed by atoms with E-state index in [4.69, 9.17) is 16.6 Å². The van der Waals surface area contributed by atoms with Crippen molar-refractivity contribution in [1.82, 2.24) is 19.8 Å². The van der Waals surface area contributed by atoms with Crippen LogP contribution in [0.4, 0.5) is 0 Å². The number of halogens is 1. The minimum atomic E-state index is -0.00668. The second kappa shape index (κ2) is 7.83. The molecule has 5 rings (SSSR count). The van der Waals surface area contributed by atoms with E-state index in [1.807, 2.05) is 4.90 Å². The van der Waals surface area contributed by atoms with E-state index >= 15 is 0 Å². The van der Waals surface area contributed by atoms with Gasteiger partial charge in [-0.3, -0.25) is 14.5 Å². The zero-order chi connectivity index (χ0) is 20.0. The molecule has 29 heavy (non-hydrogen) atoms. The molecule has 1 amide bonds. The average Bonchev–Trinajstić information content (AvgIpc) is 3.31. The Morgan fingerprint density at radius 2 is 1.93 bits per heavy atom. The minimum absolute atomic E-state index is 0.00668. The number of aryl methyl sites for hydroxylation is 2. The zero-order valence-electron chi connectivity index (χ0n) is 15.9. The summed E-state index contributed by atoms with van der Waals surface area (Å²) in [4.78, 5) is 40.0. The van der Waals surface area contributed by atoms with Crippen molar-refractivity contribution in [3.63, 3.8) is 0 Å². The summed E-state index contributed by atoms with van der Waals surface area (Å²) in [5.41, 5.74) is 1.21. The Hall–Kier alpha value is -1.74. The number of thiophene rings is 2. The summed E-state index contributed by atoms with van der Waals surface area (Å²) >= 11 is 8.95. The highest BCUT2D eigenvalue weighted by Gasteiger charge is 2.24. The van der Waals surface area contributed by atoms with Gasteiger partial charge in [-0.05, 0) is 43.4 Å². The highest BCUT2D eigenvalue weighted by atomic mass is 35.5. The second-order valence-electron chi connectivity index (χ2n) is 7.58. The first kappa shape index (κ1) is 19.2. The van der Waals surface area contributed by atoms with Crippen molar-refractivity contribution >= 4 is 50.4 Å². The highest BCUT2D eigenvalue weighted by molar-refractivity contribution is 7.19. The van der Waals surface area contributed by atoms with Gasteiger partial charge in [-0.25, -0.2) is 4.98 Å². The number of aromatic amines is 1. The molecule has 152 valence electrons. The van der Waals surface area contributed by atoms with Crippen molar-refractivity contribution in [2.24, 2.45) is 0 Å². The van der Waals surface area contributed by atoms with Gasteiger partial charge in [0.15, 0.2) is 0 Å². The predicted octanol–water partition coefficient (Wildman–Crippen LogP) is 3.54. The molecule has 0 bridgehead atoms. The molecule has 3 aromatic heterocycles. The van der Waals surface area contributed by atoms with Crippen LogP contribution in [0.25, 0.3) is 10.2 Å². The van der Waals surface area contributed by atoms with E-state index < -0.39 is 0 Å². The summed E-state index contributed by atoms with van der Waals surface area (Å²) in [5.74, 6) is 0.754. The molecule has 0 aromatic carbocycles. The number of hydrogen-bond donors (Lipinski definition) is 1. The number of hydrogen-bond acceptors (Lipinski definition) is 6. The number of nitrogens with zero attached hydrogens (tertiary/aromatic N) is 3. The van der Waals surface area contributed by atoms with E-state index in [0.717, 1.165) is 42.6 Å². The molecular weight excluding hydrogens is 428 g/mol. The largest absolute Gasteiger partial charge is 0.335 e. The third-order valence-corrected chi connectivity index (χ3v) is 8.10. The smallest absolute Gasteiger partial charge is 0.264 e. The van der Waals surface area contributed by atoms with Gasteiger partial charge < -0.3 is 9.88 Å². The molecule has 0 radical (unpaired) electrons. The number of carbonyl (C=O) groups is 1. The van der Waals surface area contributed by atoms with Crippen LogP contribution in [0.1, 0.15) is 38.8 Å². The van der Waals surface area contributed by atoms with Gasteiger partial charge in [-0.15, -0.1) is 22.7 Å². The van der Waals surface area contributed by atoms with E-state index in [0.29, 0.717) is 34.7 Å². The Balaban J connectivity index is 1.27. The highest BCUT2D eigenvalue weighted by Crippen LogP contribution is 2.33. The lowest BCUT2D eigenvalue weighted by Crippen LogP contribution is -2.48. The number of fused-ring (bicyclic) bond motifs is 3. The summed E-state index contributed by atoms with van der Waals surface area (Å²) in [6, 6.07) is 3.54. The van der Waals surface area contributed by atoms with Crippen LogP contribution in [0, 0.1) is 0 Å². The van der Waals surface area contributed by atoms with Gasteiger partial charge in [0, 0.05) is 31.1 Å². The molecule has 2 aliphatic rings. The van der Waals surface area contributed by atoms with Gasteiger partial charge in [0.2, 0.25) is 0 Å². The van der Waals surface area contributed by atoms with Crippen LogP contribution in [-0.4, -0.2) is 51.9 Å². The maximum absolute atomic E-state index is 12.7. The topological polar surface area (TPSA) is 69.3 Å². The Kier molecular flexibility index (Phi) is 5.19. The van der Waals surface area contributed by atoms with E-state index in [9.17, 15) is 9.59 Å². The van der Waals surface area contributed by atoms with Crippen molar-refractivity contribution in [2.75, 3.05) is 26.2 Å². The van der Waals surface area contributed by atoms with Crippen LogP contribution in [0.2, 0.25) is 4.34 Å². The van der Waals surface area contributed by atoms with E-state index in [1.54, 1.807) is 23.5 Å². The molecule has 0 saturated carbocycles. The summed E-state index contributed by atoms with van der Waals surface area (Å²) in [6.45, 7) is 3.43. The number of nitrogens with one attached hydrogen (secondary N) is 1. The zero-order valence-corrected chi connectivity index (χ0v) is 18.3. The van der Waals surface area contributed by atoms with Gasteiger partial charge in [0.25, 0.3) is 11.5 Å². The molecule has 0 spiro atoms.